The number of halogens is 1. The molecule has 2 amide bonds. The van der Waals surface area contributed by atoms with Crippen LogP contribution in [0.3, 0.4) is 0 Å². The molecule has 2 bridgehead atoms. The summed E-state index contributed by atoms with van der Waals surface area (Å²) in [5.41, 5.74) is 4.60. The third kappa shape index (κ3) is 3.06. The second kappa shape index (κ2) is 5.84. The highest BCUT2D eigenvalue weighted by Crippen LogP contribution is 2.49. The average Bonchev–Trinajstić information content (AvgIpc) is 3.08. The zero-order chi connectivity index (χ0) is 14.8. The Balaban J connectivity index is 1.48. The summed E-state index contributed by atoms with van der Waals surface area (Å²) < 4.78 is 13.4. The van der Waals surface area contributed by atoms with Gasteiger partial charge in [-0.2, -0.15) is 0 Å². The molecule has 1 aromatic rings. The Bertz CT molecular complexity index is 561. The van der Waals surface area contributed by atoms with Crippen LogP contribution in [0.1, 0.15) is 42.5 Å². The molecule has 0 unspecified atom stereocenters. The van der Waals surface area contributed by atoms with Crippen LogP contribution < -0.4 is 10.9 Å². The standard InChI is InChI=1S/C16H19FN2O2/c17-14-4-2-1-3-13(14)16(21)19-18-15(20)9-12-8-10-5-6-11(12)7-10/h1-4,10-12H,5-9H2,(H,18,20)(H,19,21)/t10-,11+,12-/m0/s1. The van der Waals surface area contributed by atoms with E-state index in [-0.39, 0.29) is 11.5 Å². The number of amides is 2. The molecule has 0 heterocycles. The quantitative estimate of drug-likeness (QED) is 0.840. The first-order valence-corrected chi connectivity index (χ1v) is 7.47. The number of hydrogen-bond donors (Lipinski definition) is 2. The van der Waals surface area contributed by atoms with E-state index in [0.29, 0.717) is 18.3 Å². The number of carbonyl (C=O) groups excluding carboxylic acids is 2. The van der Waals surface area contributed by atoms with E-state index < -0.39 is 11.7 Å². The summed E-state index contributed by atoms with van der Waals surface area (Å²) in [4.78, 5) is 23.6. The largest absolute Gasteiger partial charge is 0.273 e. The average molecular weight is 290 g/mol. The predicted octanol–water partition coefficient (Wildman–Crippen LogP) is 2.41. The van der Waals surface area contributed by atoms with E-state index in [2.05, 4.69) is 10.9 Å². The fourth-order valence-corrected chi connectivity index (χ4v) is 3.75. The summed E-state index contributed by atoms with van der Waals surface area (Å²) >= 11 is 0. The van der Waals surface area contributed by atoms with Gasteiger partial charge >= 0.3 is 0 Å². The van der Waals surface area contributed by atoms with Gasteiger partial charge in [-0.05, 0) is 49.1 Å². The van der Waals surface area contributed by atoms with Crippen LogP contribution in [0, 0.1) is 23.6 Å². The predicted molar refractivity (Wildman–Crippen MR) is 75.6 cm³/mol. The van der Waals surface area contributed by atoms with E-state index in [1.807, 2.05) is 0 Å². The minimum atomic E-state index is -0.630. The molecule has 3 atom stereocenters. The van der Waals surface area contributed by atoms with Gasteiger partial charge in [-0.3, -0.25) is 20.4 Å². The van der Waals surface area contributed by atoms with Gasteiger partial charge in [-0.15, -0.1) is 0 Å². The van der Waals surface area contributed by atoms with E-state index >= 15 is 0 Å². The Labute approximate surface area is 123 Å². The van der Waals surface area contributed by atoms with Gasteiger partial charge in [0.05, 0.1) is 5.56 Å². The molecule has 5 heteroatoms. The van der Waals surface area contributed by atoms with Crippen LogP contribution in [0.15, 0.2) is 24.3 Å². The number of hydrogen-bond acceptors (Lipinski definition) is 2. The van der Waals surface area contributed by atoms with Crippen LogP contribution in [0.5, 0.6) is 0 Å². The first kappa shape index (κ1) is 14.0. The minimum Gasteiger partial charge on any atom is -0.273 e. The van der Waals surface area contributed by atoms with Crippen molar-refractivity contribution in [2.45, 2.75) is 32.1 Å². The lowest BCUT2D eigenvalue weighted by Gasteiger charge is -2.20. The molecular formula is C16H19FN2O2. The molecule has 0 radical (unpaired) electrons. The zero-order valence-electron chi connectivity index (χ0n) is 11.8. The van der Waals surface area contributed by atoms with Crippen molar-refractivity contribution in [2.24, 2.45) is 17.8 Å². The van der Waals surface area contributed by atoms with E-state index in [1.165, 1.54) is 37.5 Å². The van der Waals surface area contributed by atoms with E-state index in [4.69, 9.17) is 0 Å². The highest BCUT2D eigenvalue weighted by Gasteiger charge is 2.40. The fraction of sp³-hybridized carbons (Fsp3) is 0.500. The summed E-state index contributed by atoms with van der Waals surface area (Å²) in [6, 6.07) is 5.69. The van der Waals surface area contributed by atoms with Gasteiger partial charge < -0.3 is 0 Å². The van der Waals surface area contributed by atoms with Gasteiger partial charge in [0.25, 0.3) is 5.91 Å². The molecule has 0 aliphatic heterocycles. The fourth-order valence-electron chi connectivity index (χ4n) is 3.75. The van der Waals surface area contributed by atoms with Crippen LogP contribution >= 0.6 is 0 Å². The van der Waals surface area contributed by atoms with Crippen molar-refractivity contribution in [3.05, 3.63) is 35.6 Å². The summed E-state index contributed by atoms with van der Waals surface area (Å²) in [5, 5.41) is 0. The van der Waals surface area contributed by atoms with Crippen molar-refractivity contribution in [2.75, 3.05) is 0 Å². The van der Waals surface area contributed by atoms with Gasteiger partial charge in [-0.1, -0.05) is 18.6 Å². The maximum absolute atomic E-state index is 13.4. The molecule has 2 N–H and O–H groups in total. The van der Waals surface area contributed by atoms with Gasteiger partial charge in [0.2, 0.25) is 5.91 Å². The Kier molecular flexibility index (Phi) is 3.90. The lowest BCUT2D eigenvalue weighted by Crippen LogP contribution is -2.42. The monoisotopic (exact) mass is 290 g/mol. The number of hydrazine groups is 1. The van der Waals surface area contributed by atoms with E-state index in [9.17, 15) is 14.0 Å². The first-order valence-electron chi connectivity index (χ1n) is 7.47. The number of carbonyl (C=O) groups is 2. The second-order valence-corrected chi connectivity index (χ2v) is 6.12. The molecule has 4 nitrogen and oxygen atoms in total. The molecule has 0 spiro atoms. The Hall–Kier alpha value is -1.91. The molecule has 1 aromatic carbocycles. The lowest BCUT2D eigenvalue weighted by molar-refractivity contribution is -0.123. The third-order valence-electron chi connectivity index (χ3n) is 4.77. The molecular weight excluding hydrogens is 271 g/mol. The van der Waals surface area contributed by atoms with Crippen molar-refractivity contribution in [1.82, 2.24) is 10.9 Å². The normalized spacial score (nSPS) is 26.6. The molecule has 2 fully saturated rings. The van der Waals surface area contributed by atoms with E-state index in [0.717, 1.165) is 12.3 Å². The van der Waals surface area contributed by atoms with Gasteiger partial charge in [0.15, 0.2) is 0 Å². The van der Waals surface area contributed by atoms with Crippen molar-refractivity contribution in [3.8, 4) is 0 Å². The summed E-state index contributed by atoms with van der Waals surface area (Å²) in [6.45, 7) is 0. The minimum absolute atomic E-state index is 0.0716. The molecule has 112 valence electrons. The van der Waals surface area contributed by atoms with Crippen LogP contribution in [0.25, 0.3) is 0 Å². The Morgan fingerprint density at radius 1 is 1.14 bits per heavy atom. The molecule has 2 aliphatic rings. The van der Waals surface area contributed by atoms with Crippen molar-refractivity contribution >= 4 is 11.8 Å². The lowest BCUT2D eigenvalue weighted by atomic mass is 9.86. The summed E-state index contributed by atoms with van der Waals surface area (Å²) in [5.74, 6) is 0.474. The number of nitrogens with one attached hydrogen (secondary N) is 2. The second-order valence-electron chi connectivity index (χ2n) is 6.12. The van der Waals surface area contributed by atoms with Crippen molar-refractivity contribution < 1.29 is 14.0 Å². The molecule has 2 saturated carbocycles. The number of benzene rings is 1. The van der Waals surface area contributed by atoms with Gasteiger partial charge in [-0.25, -0.2) is 4.39 Å². The van der Waals surface area contributed by atoms with E-state index in [1.54, 1.807) is 6.07 Å². The maximum atomic E-state index is 13.4. The van der Waals surface area contributed by atoms with Crippen molar-refractivity contribution in [1.29, 1.82) is 0 Å². The Morgan fingerprint density at radius 2 is 1.95 bits per heavy atom. The molecule has 0 aromatic heterocycles. The molecule has 2 aliphatic carbocycles. The van der Waals surface area contributed by atoms with Crippen molar-refractivity contribution in [3.63, 3.8) is 0 Å². The third-order valence-corrected chi connectivity index (χ3v) is 4.77. The molecule has 0 saturated heterocycles. The van der Waals surface area contributed by atoms with Crippen LogP contribution in [-0.2, 0) is 4.79 Å². The first-order chi connectivity index (χ1) is 10.1. The summed E-state index contributed by atoms with van der Waals surface area (Å²) in [6.07, 6.45) is 5.34. The van der Waals surface area contributed by atoms with Crippen LogP contribution in [0.4, 0.5) is 4.39 Å². The van der Waals surface area contributed by atoms with Crippen LogP contribution in [-0.4, -0.2) is 11.8 Å². The van der Waals surface area contributed by atoms with Gasteiger partial charge in [0.1, 0.15) is 5.82 Å². The zero-order valence-corrected chi connectivity index (χ0v) is 11.8. The molecule has 21 heavy (non-hydrogen) atoms. The number of fused-ring (bicyclic) bond motifs is 2. The summed E-state index contributed by atoms with van der Waals surface area (Å²) in [7, 11) is 0. The SMILES string of the molecule is O=C(C[C@@H]1C[C@H]2CC[C@@H]1C2)NNC(=O)c1ccccc1F. The molecule has 3 rings (SSSR count). The topological polar surface area (TPSA) is 58.2 Å². The maximum Gasteiger partial charge on any atom is 0.272 e. The van der Waals surface area contributed by atoms with Crippen LogP contribution in [0.2, 0.25) is 0 Å². The Morgan fingerprint density at radius 3 is 2.62 bits per heavy atom. The smallest absolute Gasteiger partial charge is 0.272 e. The van der Waals surface area contributed by atoms with Gasteiger partial charge in [0, 0.05) is 6.42 Å². The highest BCUT2D eigenvalue weighted by molar-refractivity contribution is 5.95. The highest BCUT2D eigenvalue weighted by atomic mass is 19.1. The number of rotatable bonds is 3.